The number of carboxylic acids is 1. The summed E-state index contributed by atoms with van der Waals surface area (Å²) in [6.07, 6.45) is 8.88. The van der Waals surface area contributed by atoms with Gasteiger partial charge in [0, 0.05) is 63.3 Å². The Morgan fingerprint density at radius 2 is 1.68 bits per heavy atom. The molecule has 0 spiro atoms. The quantitative estimate of drug-likeness (QED) is 0.158. The number of carboxylic acid groups (broad SMARTS) is 1. The van der Waals surface area contributed by atoms with Crippen molar-refractivity contribution in [3.63, 3.8) is 0 Å². The number of esters is 1. The average Bonchev–Trinajstić information content (AvgIpc) is 3.48. The zero-order valence-electron chi connectivity index (χ0n) is 38.4. The van der Waals surface area contributed by atoms with Crippen LogP contribution in [0.15, 0.2) is 35.5 Å². The van der Waals surface area contributed by atoms with Gasteiger partial charge in [-0.25, -0.2) is 0 Å². The third-order valence-corrected chi connectivity index (χ3v) is 17.5. The molecule has 1 aromatic rings. The highest BCUT2D eigenvalue weighted by Gasteiger charge is 2.71. The summed E-state index contributed by atoms with van der Waals surface area (Å²) >= 11 is 0. The van der Waals surface area contributed by atoms with Gasteiger partial charge < -0.3 is 24.6 Å². The monoisotopic (exact) mass is 820 g/mol. The molecule has 0 aromatic carbocycles. The molecule has 0 aliphatic heterocycles. The number of allylic oxidation sites excluding steroid dienone is 1. The highest BCUT2D eigenvalue weighted by atomic mass is 16.5. The first kappa shape index (κ1) is 45.9. The van der Waals surface area contributed by atoms with E-state index in [1.54, 1.807) is 21.0 Å². The van der Waals surface area contributed by atoms with Gasteiger partial charge in [-0.2, -0.15) is 0 Å². The van der Waals surface area contributed by atoms with Crippen LogP contribution in [0.2, 0.25) is 0 Å². The Morgan fingerprint density at radius 3 is 2.32 bits per heavy atom. The molecule has 1 aromatic heterocycles. The third kappa shape index (κ3) is 8.11. The fourth-order valence-electron chi connectivity index (χ4n) is 14.0. The van der Waals surface area contributed by atoms with Crippen molar-refractivity contribution in [2.45, 2.75) is 145 Å². The summed E-state index contributed by atoms with van der Waals surface area (Å²) in [5.41, 5.74) is 1.29. The number of aliphatic carboxylic acids is 1. The number of carbonyl (C=O) groups excluding carboxylic acids is 2. The number of aromatic nitrogens is 1. The number of fused-ring (bicyclic) bond motifs is 7. The van der Waals surface area contributed by atoms with Crippen LogP contribution in [-0.4, -0.2) is 102 Å². The minimum absolute atomic E-state index is 0.0297. The Hall–Kier alpha value is -2.66. The van der Waals surface area contributed by atoms with Gasteiger partial charge >= 0.3 is 11.9 Å². The summed E-state index contributed by atoms with van der Waals surface area (Å²) in [4.78, 5) is 48.6. The number of hydrogen-bond donors (Lipinski definition) is 2. The first-order chi connectivity index (χ1) is 27.6. The maximum Gasteiger partial charge on any atom is 0.309 e. The SMILES string of the molecule is COCCN(C)CCN(Cc1ccccn1)C[C@H](O)[C@@]12CC[C@]3(C)[C@H](CC[C@@H]4[C@@]5(C)CC[C@H](OC(=O)CC(C)(C)C(=O)O)C(C)(C)C5CC[C@]43C)C1=C(C(C)C)C(=O)C2. The van der Waals surface area contributed by atoms with E-state index in [0.29, 0.717) is 38.0 Å². The maximum absolute atomic E-state index is 14.4. The molecule has 9 atom stereocenters. The number of ketones is 1. The normalized spacial score (nSPS) is 34.7. The summed E-state index contributed by atoms with van der Waals surface area (Å²) in [6.45, 7) is 23.9. The zero-order valence-corrected chi connectivity index (χ0v) is 38.4. The minimum atomic E-state index is -1.17. The smallest absolute Gasteiger partial charge is 0.309 e. The second kappa shape index (κ2) is 16.9. The van der Waals surface area contributed by atoms with E-state index in [2.05, 4.69) is 76.4 Å². The van der Waals surface area contributed by atoms with Crippen LogP contribution in [0, 0.1) is 56.2 Å². The molecule has 0 radical (unpaired) electrons. The zero-order chi connectivity index (χ0) is 43.3. The van der Waals surface area contributed by atoms with Crippen molar-refractivity contribution in [1.82, 2.24) is 14.8 Å². The van der Waals surface area contributed by atoms with Crippen LogP contribution < -0.4 is 0 Å². The average molecular weight is 820 g/mol. The van der Waals surface area contributed by atoms with Gasteiger partial charge in [0.1, 0.15) is 6.10 Å². The Bertz CT molecular complexity index is 1740. The lowest BCUT2D eigenvalue weighted by molar-refractivity contribution is -0.235. The molecule has 5 aliphatic rings. The fourth-order valence-corrected chi connectivity index (χ4v) is 14.0. The van der Waals surface area contributed by atoms with Crippen molar-refractivity contribution in [2.24, 2.45) is 56.2 Å². The summed E-state index contributed by atoms with van der Waals surface area (Å²) in [5.74, 6) is -0.0378. The van der Waals surface area contributed by atoms with Gasteiger partial charge in [-0.15, -0.1) is 0 Å². The van der Waals surface area contributed by atoms with E-state index in [-0.39, 0.29) is 51.8 Å². The number of aliphatic hydroxyl groups is 1. The minimum Gasteiger partial charge on any atom is -0.481 e. The second-order valence-corrected chi connectivity index (χ2v) is 21.9. The molecule has 2 N–H and O–H groups in total. The Labute approximate surface area is 355 Å². The molecule has 5 aliphatic carbocycles. The molecule has 1 unspecified atom stereocenters. The van der Waals surface area contributed by atoms with Crippen molar-refractivity contribution in [1.29, 1.82) is 0 Å². The molecule has 6 rings (SSSR count). The van der Waals surface area contributed by atoms with E-state index in [1.165, 1.54) is 5.57 Å². The number of rotatable bonds is 16. The number of ether oxygens (including phenoxy) is 2. The summed E-state index contributed by atoms with van der Waals surface area (Å²) in [7, 11) is 3.84. The number of hydrogen-bond acceptors (Lipinski definition) is 9. The summed E-state index contributed by atoms with van der Waals surface area (Å²) in [5, 5.41) is 22.4. The molecular formula is C49H77N3O7. The van der Waals surface area contributed by atoms with E-state index >= 15 is 0 Å². The maximum atomic E-state index is 14.4. The van der Waals surface area contributed by atoms with E-state index < -0.39 is 28.9 Å². The molecular weight excluding hydrogens is 743 g/mol. The number of methoxy groups -OCH3 is 1. The fraction of sp³-hybridized carbons (Fsp3) is 0.796. The van der Waals surface area contributed by atoms with Crippen LogP contribution >= 0.6 is 0 Å². The van der Waals surface area contributed by atoms with Crippen molar-refractivity contribution in [3.8, 4) is 0 Å². The van der Waals surface area contributed by atoms with Crippen molar-refractivity contribution in [3.05, 3.63) is 41.2 Å². The number of pyridine rings is 1. The lowest BCUT2D eigenvalue weighted by atomic mass is 9.33. The van der Waals surface area contributed by atoms with Gasteiger partial charge in [-0.1, -0.05) is 60.1 Å². The number of nitrogens with zero attached hydrogens (tertiary/aromatic N) is 3. The number of aliphatic hydroxyl groups excluding tert-OH is 1. The van der Waals surface area contributed by atoms with Gasteiger partial charge in [-0.05, 0) is 130 Å². The van der Waals surface area contributed by atoms with E-state index in [1.807, 2.05) is 18.3 Å². The first-order valence-electron chi connectivity index (χ1n) is 22.8. The predicted molar refractivity (Wildman–Crippen MR) is 230 cm³/mol. The molecule has 10 heteroatoms. The Balaban J connectivity index is 1.27. The number of likely N-dealkylation sites (N-methyl/N-ethyl adjacent to an activating group) is 1. The lowest BCUT2D eigenvalue weighted by Gasteiger charge is -2.72. The van der Waals surface area contributed by atoms with Crippen LogP contribution in [-0.2, 0) is 30.4 Å². The molecule has 4 saturated carbocycles. The third-order valence-electron chi connectivity index (χ3n) is 17.5. The molecule has 4 fully saturated rings. The van der Waals surface area contributed by atoms with Crippen molar-refractivity contribution < 1.29 is 34.1 Å². The second-order valence-electron chi connectivity index (χ2n) is 21.9. The van der Waals surface area contributed by atoms with E-state index in [0.717, 1.165) is 82.3 Å². The molecule has 0 bridgehead atoms. The predicted octanol–water partition coefficient (Wildman–Crippen LogP) is 8.22. The van der Waals surface area contributed by atoms with Crippen LogP contribution in [0.3, 0.4) is 0 Å². The van der Waals surface area contributed by atoms with Crippen LogP contribution in [0.5, 0.6) is 0 Å². The molecule has 0 saturated heterocycles. The first-order valence-corrected chi connectivity index (χ1v) is 22.8. The van der Waals surface area contributed by atoms with Crippen molar-refractivity contribution >= 4 is 17.7 Å². The molecule has 10 nitrogen and oxygen atoms in total. The van der Waals surface area contributed by atoms with Gasteiger partial charge in [0.25, 0.3) is 0 Å². The van der Waals surface area contributed by atoms with Gasteiger partial charge in [0.15, 0.2) is 5.78 Å². The lowest BCUT2D eigenvalue weighted by Crippen LogP contribution is -2.66. The van der Waals surface area contributed by atoms with Gasteiger partial charge in [-0.3, -0.25) is 24.3 Å². The summed E-state index contributed by atoms with van der Waals surface area (Å²) < 4.78 is 11.5. The van der Waals surface area contributed by atoms with Gasteiger partial charge in [0.2, 0.25) is 0 Å². The van der Waals surface area contributed by atoms with Crippen LogP contribution in [0.25, 0.3) is 0 Å². The van der Waals surface area contributed by atoms with Crippen molar-refractivity contribution in [2.75, 3.05) is 46.9 Å². The Kier molecular flexibility index (Phi) is 13.1. The van der Waals surface area contributed by atoms with E-state index in [4.69, 9.17) is 9.47 Å². The number of carbonyl (C=O) groups is 3. The highest BCUT2D eigenvalue weighted by Crippen LogP contribution is 2.77. The van der Waals surface area contributed by atoms with Crippen LogP contribution in [0.1, 0.15) is 132 Å². The molecule has 330 valence electrons. The van der Waals surface area contributed by atoms with E-state index in [9.17, 15) is 24.6 Å². The standard InChI is InChI=1S/C49H77N3O7/c1-32(2)41-35(53)28-49(38(54)31-52(25-24-51(10)26-27-58-11)30-33-14-12-13-23-50-33)22-21-47(8)34(42(41)49)15-16-37-46(7)19-18-39(59-40(55)29-44(3,4)43(56)57)45(5,6)36(46)17-20-48(37,47)9/h12-14,23,32,34,36-39,54H,15-22,24-31H2,1-11H3,(H,56,57)/t34-,36?,37-,38+,39+,46+,47-,48-,49+/m1/s1. The molecule has 0 amide bonds. The molecule has 1 heterocycles. The summed E-state index contributed by atoms with van der Waals surface area (Å²) in [6, 6.07) is 6.01. The van der Waals surface area contributed by atoms with Crippen LogP contribution in [0.4, 0.5) is 0 Å². The largest absolute Gasteiger partial charge is 0.481 e. The topological polar surface area (TPSA) is 130 Å². The number of Topliss-reactive ketones (excluding diaryl/α,β-unsaturated/α-hetero) is 1. The Morgan fingerprint density at radius 1 is 0.949 bits per heavy atom. The highest BCUT2D eigenvalue weighted by molar-refractivity contribution is 6.00. The van der Waals surface area contributed by atoms with Gasteiger partial charge in [0.05, 0.1) is 30.2 Å². The molecule has 59 heavy (non-hydrogen) atoms.